The van der Waals surface area contributed by atoms with Gasteiger partial charge in [-0.05, 0) is 42.4 Å². The molecular weight excluding hydrogens is 537 g/mol. The number of H-pyrrole nitrogens is 1. The number of carbonyl (C=O) groups excluding carboxylic acids is 1. The number of likely N-dealkylation sites (N-methyl/N-ethyl adjacent to an activating group) is 1. The molecule has 0 bridgehead atoms. The molecule has 2 aliphatic rings. The van der Waals surface area contributed by atoms with Crippen LogP contribution in [0.3, 0.4) is 0 Å². The second-order valence-corrected chi connectivity index (χ2v) is 11.5. The van der Waals surface area contributed by atoms with Gasteiger partial charge in [-0.15, -0.1) is 11.3 Å². The zero-order valence-electron chi connectivity index (χ0n) is 21.9. The Morgan fingerprint density at radius 3 is 2.67 bits per heavy atom. The van der Waals surface area contributed by atoms with Crippen LogP contribution in [0.15, 0.2) is 54.6 Å². The number of aromatic nitrogens is 2. The van der Waals surface area contributed by atoms with Gasteiger partial charge in [-0.25, -0.2) is 4.79 Å². The molecule has 208 valence electrons. The van der Waals surface area contributed by atoms with E-state index in [9.17, 15) is 18.0 Å². The van der Waals surface area contributed by atoms with Crippen molar-refractivity contribution < 1.29 is 18.0 Å². The summed E-state index contributed by atoms with van der Waals surface area (Å²) in [7, 11) is 2.16. The number of fused-ring (bicyclic) bond motifs is 3. The number of urea groups is 1. The van der Waals surface area contributed by atoms with Gasteiger partial charge in [0.1, 0.15) is 0 Å². The van der Waals surface area contributed by atoms with E-state index in [1.165, 1.54) is 40.7 Å². The highest BCUT2D eigenvalue weighted by atomic mass is 32.1. The SMILES string of the molecule is CN1CCN(Cc2ccc3c(c2)Cc2c-3n[nH]c2-c2ccc(CNC(=O)Nc3ccccc3C(F)(F)F)s2)CC1. The Balaban J connectivity index is 1.09. The molecule has 11 heteroatoms. The number of anilines is 1. The van der Waals surface area contributed by atoms with Crippen LogP contribution in [0.4, 0.5) is 23.7 Å². The van der Waals surface area contributed by atoms with E-state index in [4.69, 9.17) is 0 Å². The Hall–Kier alpha value is -3.67. The molecule has 0 saturated carbocycles. The smallest absolute Gasteiger partial charge is 0.333 e. The number of aromatic amines is 1. The first kappa shape index (κ1) is 26.5. The lowest BCUT2D eigenvalue weighted by atomic mass is 10.0. The monoisotopic (exact) mass is 566 g/mol. The molecule has 7 nitrogen and oxygen atoms in total. The van der Waals surface area contributed by atoms with Crippen molar-refractivity contribution in [2.24, 2.45) is 0 Å². The Bertz CT molecular complexity index is 1540. The summed E-state index contributed by atoms with van der Waals surface area (Å²) >= 11 is 1.51. The number of rotatable bonds is 6. The second-order valence-electron chi connectivity index (χ2n) is 10.3. The third kappa shape index (κ3) is 5.49. The number of nitrogens with one attached hydrogen (secondary N) is 3. The van der Waals surface area contributed by atoms with Crippen LogP contribution in [0.2, 0.25) is 0 Å². The molecule has 0 unspecified atom stereocenters. The highest BCUT2D eigenvalue weighted by Crippen LogP contribution is 2.42. The molecule has 6 rings (SSSR count). The maximum atomic E-state index is 13.2. The molecule has 1 saturated heterocycles. The molecule has 0 atom stereocenters. The van der Waals surface area contributed by atoms with Gasteiger partial charge in [0.25, 0.3) is 0 Å². The van der Waals surface area contributed by atoms with Crippen LogP contribution in [0.1, 0.15) is 27.1 Å². The minimum atomic E-state index is -4.55. The Labute approximate surface area is 234 Å². The number of amides is 2. The molecule has 0 spiro atoms. The number of piperazine rings is 1. The van der Waals surface area contributed by atoms with Gasteiger partial charge in [-0.3, -0.25) is 10.00 Å². The Morgan fingerprint density at radius 1 is 1.07 bits per heavy atom. The predicted molar refractivity (Wildman–Crippen MR) is 150 cm³/mol. The minimum Gasteiger partial charge on any atom is -0.333 e. The first-order valence-electron chi connectivity index (χ1n) is 13.1. The first-order valence-corrected chi connectivity index (χ1v) is 14.0. The first-order chi connectivity index (χ1) is 19.2. The molecule has 2 aromatic heterocycles. The van der Waals surface area contributed by atoms with E-state index in [1.807, 2.05) is 12.1 Å². The van der Waals surface area contributed by atoms with E-state index < -0.39 is 17.8 Å². The maximum Gasteiger partial charge on any atom is 0.418 e. The lowest BCUT2D eigenvalue weighted by molar-refractivity contribution is -0.136. The summed E-state index contributed by atoms with van der Waals surface area (Å²) in [5, 5.41) is 12.8. The highest BCUT2D eigenvalue weighted by molar-refractivity contribution is 7.15. The number of alkyl halides is 3. The van der Waals surface area contributed by atoms with Gasteiger partial charge < -0.3 is 15.5 Å². The quantitative estimate of drug-likeness (QED) is 0.243. The molecular formula is C29H29F3N6OS. The molecule has 0 radical (unpaired) electrons. The summed E-state index contributed by atoms with van der Waals surface area (Å²) in [6.07, 6.45) is -3.75. The number of nitrogens with zero attached hydrogens (tertiary/aromatic N) is 3. The fraction of sp³-hybridized carbons (Fsp3) is 0.310. The van der Waals surface area contributed by atoms with Crippen LogP contribution < -0.4 is 10.6 Å². The van der Waals surface area contributed by atoms with E-state index in [0.29, 0.717) is 0 Å². The van der Waals surface area contributed by atoms with E-state index >= 15 is 0 Å². The van der Waals surface area contributed by atoms with E-state index in [-0.39, 0.29) is 12.2 Å². The molecule has 3 N–H and O–H groups in total. The van der Waals surface area contributed by atoms with Crippen molar-refractivity contribution in [3.05, 3.63) is 81.7 Å². The highest BCUT2D eigenvalue weighted by Gasteiger charge is 2.33. The molecule has 1 aliphatic heterocycles. The molecule has 4 aromatic rings. The predicted octanol–water partition coefficient (Wildman–Crippen LogP) is 5.80. The van der Waals surface area contributed by atoms with Gasteiger partial charge >= 0.3 is 12.2 Å². The van der Waals surface area contributed by atoms with Crippen molar-refractivity contribution in [3.8, 4) is 21.8 Å². The van der Waals surface area contributed by atoms with Gasteiger partial charge in [-0.1, -0.05) is 30.3 Å². The lowest BCUT2D eigenvalue weighted by Crippen LogP contribution is -2.43. The van der Waals surface area contributed by atoms with Crippen LogP contribution in [-0.4, -0.2) is 59.3 Å². The minimum absolute atomic E-state index is 0.191. The molecule has 2 amide bonds. The summed E-state index contributed by atoms with van der Waals surface area (Å²) in [4.78, 5) is 19.1. The summed E-state index contributed by atoms with van der Waals surface area (Å²) < 4.78 is 39.6. The largest absolute Gasteiger partial charge is 0.418 e. The van der Waals surface area contributed by atoms with Crippen LogP contribution in [0.5, 0.6) is 0 Å². The molecule has 1 aliphatic carbocycles. The van der Waals surface area contributed by atoms with E-state index in [1.54, 1.807) is 0 Å². The van der Waals surface area contributed by atoms with Crippen molar-refractivity contribution in [2.75, 3.05) is 38.5 Å². The van der Waals surface area contributed by atoms with Gasteiger partial charge in [0.15, 0.2) is 0 Å². The van der Waals surface area contributed by atoms with Crippen LogP contribution >= 0.6 is 11.3 Å². The van der Waals surface area contributed by atoms with Crippen molar-refractivity contribution in [3.63, 3.8) is 0 Å². The number of benzene rings is 2. The molecule has 40 heavy (non-hydrogen) atoms. The molecule has 3 heterocycles. The van der Waals surface area contributed by atoms with E-state index in [2.05, 4.69) is 55.9 Å². The van der Waals surface area contributed by atoms with Crippen LogP contribution in [-0.2, 0) is 25.7 Å². The zero-order chi connectivity index (χ0) is 27.9. The average molecular weight is 567 g/mol. The third-order valence-corrected chi connectivity index (χ3v) is 8.58. The van der Waals surface area contributed by atoms with Gasteiger partial charge in [0.05, 0.1) is 34.1 Å². The number of carbonyl (C=O) groups is 1. The van der Waals surface area contributed by atoms with Crippen molar-refractivity contribution in [2.45, 2.75) is 25.7 Å². The number of thiophene rings is 1. The molecule has 1 fully saturated rings. The molecule has 2 aromatic carbocycles. The fourth-order valence-electron chi connectivity index (χ4n) is 5.32. The standard InChI is InChI=1S/C29H29F3N6OS/c1-37-10-12-38(13-11-37)17-18-6-8-21-19(14-18)15-22-26(21)35-36-27(22)25-9-7-20(40-25)16-33-28(39)34-24-5-3-2-4-23(24)29(30,31)32/h2-9,14H,10-13,15-17H2,1H3,(H,35,36)(H2,33,34,39). The van der Waals surface area contributed by atoms with Crippen molar-refractivity contribution >= 4 is 23.1 Å². The van der Waals surface area contributed by atoms with Crippen LogP contribution in [0.25, 0.3) is 21.8 Å². The number of hydrogen-bond acceptors (Lipinski definition) is 5. The van der Waals surface area contributed by atoms with Crippen molar-refractivity contribution in [1.29, 1.82) is 0 Å². The van der Waals surface area contributed by atoms with Gasteiger partial charge in [0.2, 0.25) is 0 Å². The number of hydrogen-bond donors (Lipinski definition) is 3. The van der Waals surface area contributed by atoms with Crippen LogP contribution in [0, 0.1) is 0 Å². The summed E-state index contributed by atoms with van der Waals surface area (Å²) in [5.74, 6) is 0. The lowest BCUT2D eigenvalue weighted by Gasteiger charge is -2.32. The second kappa shape index (κ2) is 10.7. The topological polar surface area (TPSA) is 76.3 Å². The third-order valence-electron chi connectivity index (χ3n) is 7.47. The normalized spacial score (nSPS) is 15.6. The number of halogens is 3. The Kier molecular flexibility index (Phi) is 7.11. The summed E-state index contributed by atoms with van der Waals surface area (Å²) in [5.41, 5.74) is 5.71. The fourth-order valence-corrected chi connectivity index (χ4v) is 6.29. The van der Waals surface area contributed by atoms with E-state index in [0.717, 1.165) is 77.5 Å². The maximum absolute atomic E-state index is 13.2. The summed E-state index contributed by atoms with van der Waals surface area (Å²) in [6, 6.07) is 14.8. The van der Waals surface area contributed by atoms with Gasteiger partial charge in [-0.2, -0.15) is 18.3 Å². The van der Waals surface area contributed by atoms with Crippen molar-refractivity contribution in [1.82, 2.24) is 25.3 Å². The number of para-hydroxylation sites is 1. The summed E-state index contributed by atoms with van der Waals surface area (Å²) in [6.45, 7) is 5.50. The zero-order valence-corrected chi connectivity index (χ0v) is 22.8. The average Bonchev–Trinajstić information content (AvgIpc) is 3.64. The Morgan fingerprint density at radius 2 is 1.88 bits per heavy atom. The van der Waals surface area contributed by atoms with Gasteiger partial charge in [0, 0.05) is 55.1 Å².